The molecule has 4 nitrogen and oxygen atoms in total. The van der Waals surface area contributed by atoms with Crippen molar-refractivity contribution < 1.29 is 18.1 Å². The maximum absolute atomic E-state index is 2.43. The minimum absolute atomic E-state index is 0.0739. The lowest BCUT2D eigenvalue weighted by Gasteiger charge is -2.49. The Morgan fingerprint density at radius 3 is 1.58 bits per heavy atom. The molecule has 4 heteroatoms. The third-order valence-electron chi connectivity index (χ3n) is 11.0. The first-order valence-electron chi connectivity index (χ1n) is 17.5. The van der Waals surface area contributed by atoms with Crippen LogP contribution in [0.3, 0.4) is 0 Å². The van der Waals surface area contributed by atoms with E-state index in [4.69, 9.17) is 0 Å². The molecule has 0 amide bonds. The summed E-state index contributed by atoms with van der Waals surface area (Å²) in [7, 11) is 0. The number of likely N-dealkylation sites (N-methyl/N-ethyl adjacent to an activating group) is 1. The molecule has 0 unspecified atom stereocenters. The van der Waals surface area contributed by atoms with Crippen LogP contribution >= 0.6 is 0 Å². The van der Waals surface area contributed by atoms with Gasteiger partial charge in [-0.2, -0.15) is 0 Å². The van der Waals surface area contributed by atoms with Gasteiger partial charge in [-0.3, -0.25) is 0 Å². The summed E-state index contributed by atoms with van der Waals surface area (Å²) in [5.74, 6) is 0. The highest BCUT2D eigenvalue weighted by Crippen LogP contribution is 2.28. The fourth-order valence-corrected chi connectivity index (χ4v) is 6.85. The highest BCUT2D eigenvalue weighted by Gasteiger charge is 2.38. The van der Waals surface area contributed by atoms with E-state index in [-0.39, 0.29) is 11.1 Å². The van der Waals surface area contributed by atoms with Crippen molar-refractivity contribution in [1.82, 2.24) is 0 Å². The van der Waals surface area contributed by atoms with E-state index in [1.807, 2.05) is 0 Å². The van der Waals surface area contributed by atoms with Gasteiger partial charge in [0.25, 0.3) is 0 Å². The van der Waals surface area contributed by atoms with Crippen molar-refractivity contribution in [3.05, 3.63) is 84.5 Å². The Kier molecular flexibility index (Phi) is 14.8. The second-order valence-electron chi connectivity index (χ2n) is 13.9. The zero-order valence-electron chi connectivity index (χ0n) is 29.9. The maximum atomic E-state index is 2.43. The summed E-state index contributed by atoms with van der Waals surface area (Å²) in [6.45, 7) is 32.8. The molecule has 0 N–H and O–H groups in total. The Bertz CT molecular complexity index is 1080. The molecule has 0 radical (unpaired) electrons. The molecule has 0 aliphatic heterocycles. The summed E-state index contributed by atoms with van der Waals surface area (Å²) < 4.78 is 7.01. The molecular formula is C39H68N4+4. The van der Waals surface area contributed by atoms with E-state index in [1.54, 1.807) is 0 Å². The molecule has 0 saturated heterocycles. The lowest BCUT2D eigenvalue weighted by atomic mass is 9.93. The van der Waals surface area contributed by atoms with E-state index in [2.05, 4.69) is 152 Å². The molecule has 0 spiro atoms. The first-order valence-corrected chi connectivity index (χ1v) is 17.5. The minimum Gasteiger partial charge on any atom is -0.321 e. The number of pyridine rings is 2. The third-order valence-corrected chi connectivity index (χ3v) is 11.0. The van der Waals surface area contributed by atoms with Gasteiger partial charge in [0.2, 0.25) is 0 Å². The fourth-order valence-electron chi connectivity index (χ4n) is 6.85. The fraction of sp³-hybridized carbons (Fsp3) is 0.641. The van der Waals surface area contributed by atoms with Crippen molar-refractivity contribution in [2.75, 3.05) is 45.8 Å². The predicted octanol–water partition coefficient (Wildman–Crippen LogP) is 7.60. The van der Waals surface area contributed by atoms with E-state index < -0.39 is 0 Å². The van der Waals surface area contributed by atoms with Crippen LogP contribution in [0.4, 0.5) is 0 Å². The zero-order chi connectivity index (χ0) is 32.0. The smallest absolute Gasteiger partial charge is 0.169 e. The number of nitrogens with zero attached hydrogens (tertiary/aromatic N) is 4. The second kappa shape index (κ2) is 17.3. The van der Waals surface area contributed by atoms with Gasteiger partial charge >= 0.3 is 0 Å². The van der Waals surface area contributed by atoms with Gasteiger partial charge < -0.3 is 8.97 Å². The molecule has 0 fully saturated rings. The molecule has 0 saturated carbocycles. The third kappa shape index (κ3) is 10.4. The van der Waals surface area contributed by atoms with Crippen molar-refractivity contribution >= 4 is 0 Å². The highest BCUT2D eigenvalue weighted by molar-refractivity contribution is 5.11. The van der Waals surface area contributed by atoms with Crippen LogP contribution in [-0.2, 0) is 24.9 Å². The van der Waals surface area contributed by atoms with Crippen LogP contribution < -0.4 is 9.13 Å². The average Bonchev–Trinajstić information content (AvgIpc) is 3.02. The molecule has 0 aliphatic carbocycles. The van der Waals surface area contributed by atoms with Crippen molar-refractivity contribution in [2.45, 2.75) is 119 Å². The van der Waals surface area contributed by atoms with Gasteiger partial charge in [-0.1, -0.05) is 12.2 Å². The van der Waals surface area contributed by atoms with Gasteiger partial charge in [-0.05, 0) is 97.9 Å². The summed E-state index contributed by atoms with van der Waals surface area (Å²) in [6.07, 6.45) is 24.1. The number of quaternary nitrogens is 2. The van der Waals surface area contributed by atoms with Crippen LogP contribution in [0.15, 0.2) is 73.4 Å². The summed E-state index contributed by atoms with van der Waals surface area (Å²) in [5, 5.41) is 0. The van der Waals surface area contributed by atoms with Crippen LogP contribution in [0.25, 0.3) is 0 Å². The van der Waals surface area contributed by atoms with Crippen LogP contribution in [0.1, 0.15) is 99.6 Å². The molecule has 240 valence electrons. The molecule has 2 rings (SSSR count). The average molecular weight is 593 g/mol. The van der Waals surface area contributed by atoms with E-state index in [9.17, 15) is 0 Å². The summed E-state index contributed by atoms with van der Waals surface area (Å²) in [4.78, 5) is 0. The molecule has 2 heterocycles. The Balaban J connectivity index is 1.81. The maximum Gasteiger partial charge on any atom is 0.169 e. The normalized spacial score (nSPS) is 13.4. The van der Waals surface area contributed by atoms with Crippen LogP contribution in [0.5, 0.6) is 0 Å². The Morgan fingerprint density at radius 1 is 0.605 bits per heavy atom. The van der Waals surface area contributed by atoms with Crippen molar-refractivity contribution in [1.29, 1.82) is 0 Å². The Hall–Kier alpha value is -2.30. The van der Waals surface area contributed by atoms with Gasteiger partial charge in [-0.15, -0.1) is 0 Å². The van der Waals surface area contributed by atoms with Crippen molar-refractivity contribution in [2.24, 2.45) is 0 Å². The van der Waals surface area contributed by atoms with Gasteiger partial charge in [0.05, 0.1) is 51.4 Å². The quantitative estimate of drug-likeness (QED) is 0.0850. The van der Waals surface area contributed by atoms with Crippen molar-refractivity contribution in [3.8, 4) is 0 Å². The van der Waals surface area contributed by atoms with Crippen LogP contribution in [-0.4, -0.2) is 60.3 Å². The number of hydrogen-bond donors (Lipinski definition) is 0. The first kappa shape index (κ1) is 36.9. The van der Waals surface area contributed by atoms with E-state index in [1.165, 1.54) is 65.8 Å². The summed E-state index contributed by atoms with van der Waals surface area (Å²) in [6, 6.07) is 9.22. The van der Waals surface area contributed by atoms with Crippen LogP contribution in [0.2, 0.25) is 0 Å². The number of aromatic nitrogens is 2. The van der Waals surface area contributed by atoms with Gasteiger partial charge in [0.15, 0.2) is 36.9 Å². The Morgan fingerprint density at radius 2 is 1.09 bits per heavy atom. The lowest BCUT2D eigenvalue weighted by Crippen LogP contribution is -2.61. The highest BCUT2D eigenvalue weighted by atomic mass is 15.4. The number of hydrogen-bond acceptors (Lipinski definition) is 0. The number of allylic oxidation sites excluding steroid dienone is 2. The van der Waals surface area contributed by atoms with Gasteiger partial charge in [-0.25, -0.2) is 9.13 Å². The molecule has 0 atom stereocenters. The molecule has 0 bridgehead atoms. The van der Waals surface area contributed by atoms with Crippen LogP contribution in [0, 0.1) is 0 Å². The summed E-state index contributed by atoms with van der Waals surface area (Å²) in [5.41, 5.74) is 3.19. The molecule has 43 heavy (non-hydrogen) atoms. The molecule has 0 aromatic carbocycles. The van der Waals surface area contributed by atoms with Gasteiger partial charge in [0.1, 0.15) is 0 Å². The molecule has 2 aromatic heterocycles. The largest absolute Gasteiger partial charge is 0.321 e. The minimum atomic E-state index is 0.0739. The Labute approximate surface area is 266 Å². The predicted molar refractivity (Wildman–Crippen MR) is 185 cm³/mol. The SMILES string of the molecule is CC[N+](CC)(CC)C/C=C/CC(C)(C)[n+]1ccc(CCCc2cc[n+](C/C=C/CC(C)(C)[N+](CC)(CC)CC)cc2)cc1. The first-order chi connectivity index (χ1) is 20.5. The number of aryl methyl sites for hydroxylation is 2. The lowest BCUT2D eigenvalue weighted by molar-refractivity contribution is -0.968. The van der Waals surface area contributed by atoms with E-state index in [0.29, 0.717) is 0 Å². The van der Waals surface area contributed by atoms with Gasteiger partial charge in [0, 0.05) is 51.0 Å². The molecular weight excluding hydrogens is 524 g/mol. The monoisotopic (exact) mass is 593 g/mol. The summed E-state index contributed by atoms with van der Waals surface area (Å²) >= 11 is 0. The van der Waals surface area contributed by atoms with E-state index in [0.717, 1.165) is 38.8 Å². The topological polar surface area (TPSA) is 7.76 Å². The molecule has 0 aliphatic rings. The van der Waals surface area contributed by atoms with E-state index >= 15 is 0 Å². The zero-order valence-corrected chi connectivity index (χ0v) is 29.9. The second-order valence-corrected chi connectivity index (χ2v) is 13.9. The number of rotatable bonds is 20. The molecule has 2 aromatic rings. The van der Waals surface area contributed by atoms with Crippen molar-refractivity contribution in [3.63, 3.8) is 0 Å². The standard InChI is InChI=1S/C39H68N4/c1-11-42(12-2,13-3)35-20-18-28-38(7,8)41-33-26-37(27-34-41)23-21-22-36-24-31-40(32-25-36)30-19-17-29-39(9,10)43(14-4,15-5)16-6/h17-20,24-27,31-34H,11-16,21-23,28-30,35H2,1-10H3/q+4/b19-17+,20-18+.